The van der Waals surface area contributed by atoms with Crippen molar-refractivity contribution in [1.82, 2.24) is 14.8 Å². The Kier molecular flexibility index (Phi) is 6.55. The first-order valence-corrected chi connectivity index (χ1v) is 13.2. The summed E-state index contributed by atoms with van der Waals surface area (Å²) in [6.45, 7) is 7.28. The number of nitrogens with one attached hydrogen (secondary N) is 2. The number of carbonyl (C=O) groups is 2. The van der Waals surface area contributed by atoms with Gasteiger partial charge in [0, 0.05) is 67.3 Å². The van der Waals surface area contributed by atoms with Crippen molar-refractivity contribution >= 4 is 40.8 Å². The zero-order chi connectivity index (χ0) is 26.4. The normalized spacial score (nSPS) is 18.6. The second-order valence-electron chi connectivity index (χ2n) is 9.86. The van der Waals surface area contributed by atoms with E-state index in [4.69, 9.17) is 16.3 Å². The second-order valence-corrected chi connectivity index (χ2v) is 10.3. The molecule has 6 rings (SSSR count). The molecule has 0 unspecified atom stereocenters. The molecule has 2 aromatic carbocycles. The summed E-state index contributed by atoms with van der Waals surface area (Å²) in [5.41, 5.74) is 5.61. The minimum absolute atomic E-state index is 0.0101. The number of halogens is 2. The Morgan fingerprint density at radius 1 is 1.03 bits per heavy atom. The predicted octanol–water partition coefficient (Wildman–Crippen LogP) is 4.61. The minimum atomic E-state index is -0.532. The van der Waals surface area contributed by atoms with Gasteiger partial charge in [-0.25, -0.2) is 4.39 Å². The fourth-order valence-electron chi connectivity index (χ4n) is 5.58. The largest absolute Gasteiger partial charge is 0.379 e. The molecule has 2 N–H and O–H groups in total. The van der Waals surface area contributed by atoms with Gasteiger partial charge >= 0.3 is 0 Å². The van der Waals surface area contributed by atoms with E-state index in [0.29, 0.717) is 52.3 Å². The molecule has 38 heavy (non-hydrogen) atoms. The van der Waals surface area contributed by atoms with Gasteiger partial charge in [0.15, 0.2) is 0 Å². The Labute approximate surface area is 225 Å². The molecule has 1 fully saturated rings. The number of hydrogen-bond acceptors (Lipinski definition) is 4. The molecule has 9 heteroatoms. The first-order chi connectivity index (χ1) is 18.4. The lowest BCUT2D eigenvalue weighted by Gasteiger charge is -2.32. The van der Waals surface area contributed by atoms with Crippen LogP contribution in [0, 0.1) is 12.7 Å². The molecular formula is C29H28ClFN4O3. The van der Waals surface area contributed by atoms with E-state index in [9.17, 15) is 14.0 Å². The summed E-state index contributed by atoms with van der Waals surface area (Å²) in [5, 5.41) is 2.91. The van der Waals surface area contributed by atoms with Crippen molar-refractivity contribution in [2.24, 2.45) is 0 Å². The Morgan fingerprint density at radius 3 is 2.61 bits per heavy atom. The summed E-state index contributed by atoms with van der Waals surface area (Å²) in [6.07, 6.45) is 2.49. The number of hydrogen-bond donors (Lipinski definition) is 2. The number of anilines is 1. The van der Waals surface area contributed by atoms with E-state index in [2.05, 4.69) is 15.2 Å². The molecule has 3 aliphatic rings. The van der Waals surface area contributed by atoms with Crippen LogP contribution in [0.2, 0.25) is 5.02 Å². The number of benzene rings is 2. The zero-order valence-corrected chi connectivity index (χ0v) is 21.8. The number of aromatic nitrogens is 1. The maximum Gasteiger partial charge on any atom is 0.256 e. The van der Waals surface area contributed by atoms with E-state index < -0.39 is 5.82 Å². The summed E-state index contributed by atoms with van der Waals surface area (Å²) < 4.78 is 20.4. The second kappa shape index (κ2) is 10.0. The van der Waals surface area contributed by atoms with Gasteiger partial charge in [-0.1, -0.05) is 35.9 Å². The van der Waals surface area contributed by atoms with Gasteiger partial charge in [0.2, 0.25) is 0 Å². The smallest absolute Gasteiger partial charge is 0.256 e. The first-order valence-electron chi connectivity index (χ1n) is 12.8. The third-order valence-corrected chi connectivity index (χ3v) is 7.94. The number of aromatic amines is 1. The molecule has 1 aromatic heterocycles. The van der Waals surface area contributed by atoms with Gasteiger partial charge in [0.25, 0.3) is 11.8 Å². The fourth-order valence-corrected chi connectivity index (χ4v) is 5.75. The average molecular weight is 535 g/mol. The zero-order valence-electron chi connectivity index (χ0n) is 21.1. The molecule has 0 saturated carbocycles. The molecule has 0 atom stereocenters. The van der Waals surface area contributed by atoms with E-state index in [1.165, 1.54) is 6.07 Å². The van der Waals surface area contributed by atoms with Gasteiger partial charge < -0.3 is 19.9 Å². The number of morpholine rings is 1. The maximum absolute atomic E-state index is 15.0. The van der Waals surface area contributed by atoms with Gasteiger partial charge in [-0.05, 0) is 36.3 Å². The van der Waals surface area contributed by atoms with Crippen molar-refractivity contribution < 1.29 is 18.7 Å². The number of rotatable bonds is 5. The Balaban J connectivity index is 1.33. The average Bonchev–Trinajstić information content (AvgIpc) is 3.42. The molecule has 0 aliphatic carbocycles. The number of H-pyrrole nitrogens is 1. The van der Waals surface area contributed by atoms with Crippen LogP contribution in [-0.4, -0.2) is 72.5 Å². The van der Waals surface area contributed by atoms with Crippen LogP contribution >= 0.6 is 11.6 Å². The van der Waals surface area contributed by atoms with Crippen LogP contribution in [0.1, 0.15) is 32.9 Å². The number of nitrogens with zero attached hydrogens (tertiary/aromatic N) is 2. The highest BCUT2D eigenvalue weighted by Crippen LogP contribution is 2.42. The Bertz CT molecular complexity index is 1470. The molecule has 1 saturated heterocycles. The highest BCUT2D eigenvalue weighted by molar-refractivity contribution is 6.36. The highest BCUT2D eigenvalue weighted by Gasteiger charge is 2.32. The van der Waals surface area contributed by atoms with Gasteiger partial charge in [0.1, 0.15) is 5.82 Å². The number of carbonyl (C=O) groups excluding carboxylic acids is 2. The van der Waals surface area contributed by atoms with Crippen LogP contribution in [0.4, 0.5) is 10.1 Å². The lowest BCUT2D eigenvalue weighted by molar-refractivity contribution is -0.110. The van der Waals surface area contributed by atoms with E-state index in [1.54, 1.807) is 36.4 Å². The first kappa shape index (κ1) is 24.9. The monoisotopic (exact) mass is 534 g/mol. The van der Waals surface area contributed by atoms with Crippen molar-refractivity contribution in [2.75, 3.05) is 51.3 Å². The van der Waals surface area contributed by atoms with Gasteiger partial charge in [0.05, 0.1) is 29.4 Å². The number of amides is 2. The predicted molar refractivity (Wildman–Crippen MR) is 146 cm³/mol. The van der Waals surface area contributed by atoms with Crippen molar-refractivity contribution in [2.45, 2.75) is 13.3 Å². The lowest BCUT2D eigenvalue weighted by Crippen LogP contribution is -2.45. The number of ether oxygens (including phenoxy) is 1. The molecule has 0 bridgehead atoms. The molecular weight excluding hydrogens is 507 g/mol. The molecule has 3 aliphatic heterocycles. The van der Waals surface area contributed by atoms with E-state index >= 15 is 0 Å². The Hall–Kier alpha value is -3.46. The van der Waals surface area contributed by atoms with Crippen molar-refractivity contribution in [3.05, 3.63) is 75.3 Å². The molecule has 4 heterocycles. The third kappa shape index (κ3) is 4.32. The van der Waals surface area contributed by atoms with Crippen LogP contribution in [0.25, 0.3) is 22.8 Å². The summed E-state index contributed by atoms with van der Waals surface area (Å²) in [4.78, 5) is 34.1. The van der Waals surface area contributed by atoms with Crippen LogP contribution in [0.5, 0.6) is 0 Å². The SMILES string of the molecule is Cc1c(C=C2C(=O)Nc3cccc(-c4cccc(Cl)c4F)c32)[nH]c2c1C(=O)N(CCN1CCOCC1)CC2. The third-order valence-electron chi connectivity index (χ3n) is 7.65. The molecule has 0 spiro atoms. The quantitative estimate of drug-likeness (QED) is 0.469. The number of fused-ring (bicyclic) bond motifs is 2. The lowest BCUT2D eigenvalue weighted by atomic mass is 9.93. The van der Waals surface area contributed by atoms with Crippen molar-refractivity contribution in [3.8, 4) is 11.1 Å². The van der Waals surface area contributed by atoms with Crippen LogP contribution in [-0.2, 0) is 16.0 Å². The van der Waals surface area contributed by atoms with Crippen molar-refractivity contribution in [3.63, 3.8) is 0 Å². The maximum atomic E-state index is 15.0. The molecule has 3 aromatic rings. The molecule has 0 radical (unpaired) electrons. The highest BCUT2D eigenvalue weighted by atomic mass is 35.5. The molecule has 2 amide bonds. The Morgan fingerprint density at radius 2 is 1.79 bits per heavy atom. The van der Waals surface area contributed by atoms with E-state index in [0.717, 1.165) is 50.5 Å². The minimum Gasteiger partial charge on any atom is -0.379 e. The van der Waals surface area contributed by atoms with E-state index in [-0.39, 0.29) is 16.8 Å². The van der Waals surface area contributed by atoms with Gasteiger partial charge in [-0.15, -0.1) is 0 Å². The van der Waals surface area contributed by atoms with E-state index in [1.807, 2.05) is 11.8 Å². The summed E-state index contributed by atoms with van der Waals surface area (Å²) >= 11 is 6.06. The summed E-state index contributed by atoms with van der Waals surface area (Å²) in [5.74, 6) is -0.799. The van der Waals surface area contributed by atoms with Crippen LogP contribution in [0.15, 0.2) is 36.4 Å². The van der Waals surface area contributed by atoms with Crippen molar-refractivity contribution in [1.29, 1.82) is 0 Å². The summed E-state index contributed by atoms with van der Waals surface area (Å²) in [7, 11) is 0. The van der Waals surface area contributed by atoms with Gasteiger partial charge in [-0.2, -0.15) is 0 Å². The van der Waals surface area contributed by atoms with Gasteiger partial charge in [-0.3, -0.25) is 14.5 Å². The van der Waals surface area contributed by atoms with Crippen LogP contribution in [0.3, 0.4) is 0 Å². The molecule has 196 valence electrons. The topological polar surface area (TPSA) is 77.7 Å². The fraction of sp³-hybridized carbons (Fsp3) is 0.310. The standard InChI is InChI=1S/C29H28ClFN4O3/c1-17-24(32-23-8-9-35(29(37)25(17)23)11-10-34-12-14-38-15-13-34)16-20-26-18(4-3-7-22(26)33-28(20)36)19-5-2-6-21(30)27(19)31/h2-7,16,32H,8-15H2,1H3,(H,33,36). The summed E-state index contributed by atoms with van der Waals surface area (Å²) in [6, 6.07) is 10.2. The van der Waals surface area contributed by atoms with Crippen LogP contribution < -0.4 is 5.32 Å². The molecule has 7 nitrogen and oxygen atoms in total.